The highest BCUT2D eigenvalue weighted by atomic mass is 35.5. The number of halogens is 3. The second kappa shape index (κ2) is 5.36. The van der Waals surface area contributed by atoms with Crippen molar-refractivity contribution in [2.45, 2.75) is 11.8 Å². The maximum atomic E-state index is 14.0. The first-order valence-electron chi connectivity index (χ1n) is 6.50. The summed E-state index contributed by atoms with van der Waals surface area (Å²) in [4.78, 5) is 0. The predicted octanol–water partition coefficient (Wildman–Crippen LogP) is 4.22. The van der Waals surface area contributed by atoms with Gasteiger partial charge in [0.2, 0.25) is 0 Å². The Hall–Kier alpha value is -1.09. The first-order valence-corrected chi connectivity index (χ1v) is 7.26. The number of nitrogens with one attached hydrogen (secondary N) is 1. The van der Waals surface area contributed by atoms with Gasteiger partial charge < -0.3 is 5.32 Å². The van der Waals surface area contributed by atoms with Crippen LogP contribution in [0.4, 0.5) is 4.39 Å². The summed E-state index contributed by atoms with van der Waals surface area (Å²) in [5.41, 5.74) is 1.56. The number of rotatable bonds is 3. The molecule has 0 unspecified atom stereocenters. The zero-order chi connectivity index (χ0) is 14.2. The van der Waals surface area contributed by atoms with E-state index in [0.29, 0.717) is 17.0 Å². The second-order valence-electron chi connectivity index (χ2n) is 5.28. The Morgan fingerprint density at radius 1 is 1.10 bits per heavy atom. The van der Waals surface area contributed by atoms with Crippen LogP contribution in [0.15, 0.2) is 42.5 Å². The lowest BCUT2D eigenvalue weighted by atomic mass is 9.71. The fourth-order valence-electron chi connectivity index (χ4n) is 2.77. The summed E-state index contributed by atoms with van der Waals surface area (Å²) >= 11 is 12.3. The molecule has 0 radical (unpaired) electrons. The average Bonchev–Trinajstić information content (AvgIpc) is 2.39. The number of hydrogen-bond acceptors (Lipinski definition) is 1. The molecule has 2 aromatic rings. The van der Waals surface area contributed by atoms with Crippen LogP contribution in [0, 0.1) is 5.82 Å². The Bertz CT molecular complexity index is 638. The molecule has 20 heavy (non-hydrogen) atoms. The van der Waals surface area contributed by atoms with Crippen molar-refractivity contribution in [1.82, 2.24) is 5.32 Å². The topological polar surface area (TPSA) is 12.0 Å². The van der Waals surface area contributed by atoms with Crippen LogP contribution in [0.1, 0.15) is 11.1 Å². The van der Waals surface area contributed by atoms with E-state index in [9.17, 15) is 4.39 Å². The minimum absolute atomic E-state index is 0.149. The molecule has 3 rings (SSSR count). The minimum Gasteiger partial charge on any atom is -0.315 e. The summed E-state index contributed by atoms with van der Waals surface area (Å²) in [5.74, 6) is -0.215. The Morgan fingerprint density at radius 3 is 2.50 bits per heavy atom. The third-order valence-electron chi connectivity index (χ3n) is 3.91. The summed E-state index contributed by atoms with van der Waals surface area (Å²) in [6.07, 6.45) is 0.593. The lowest BCUT2D eigenvalue weighted by Gasteiger charge is -2.44. The van der Waals surface area contributed by atoms with Gasteiger partial charge >= 0.3 is 0 Å². The molecule has 1 saturated heterocycles. The van der Waals surface area contributed by atoms with Gasteiger partial charge in [0.25, 0.3) is 0 Å². The molecular weight excluding hydrogens is 296 g/mol. The van der Waals surface area contributed by atoms with Crippen LogP contribution in [0.3, 0.4) is 0 Å². The summed E-state index contributed by atoms with van der Waals surface area (Å²) in [6, 6.07) is 12.5. The fraction of sp³-hybridized carbons (Fsp3) is 0.250. The van der Waals surface area contributed by atoms with E-state index < -0.39 is 0 Å². The molecular formula is C16H14Cl2FN. The molecule has 0 bridgehead atoms. The molecule has 1 N–H and O–H groups in total. The highest BCUT2D eigenvalue weighted by Crippen LogP contribution is 2.37. The molecule has 1 aliphatic rings. The molecule has 0 aromatic heterocycles. The minimum atomic E-state index is -0.215. The van der Waals surface area contributed by atoms with E-state index >= 15 is 0 Å². The van der Waals surface area contributed by atoms with Crippen molar-refractivity contribution in [3.63, 3.8) is 0 Å². The standard InChI is InChI=1S/C16H14Cl2FN/c17-12-5-6-15(19)11(7-12)8-16(9-20-10-16)13-3-1-2-4-14(13)18/h1-7,20H,8-10H2. The van der Waals surface area contributed by atoms with Crippen molar-refractivity contribution in [2.24, 2.45) is 0 Å². The Kier molecular flexibility index (Phi) is 3.72. The van der Waals surface area contributed by atoms with E-state index in [1.54, 1.807) is 12.1 Å². The maximum Gasteiger partial charge on any atom is 0.126 e. The van der Waals surface area contributed by atoms with Gasteiger partial charge in [-0.3, -0.25) is 0 Å². The van der Waals surface area contributed by atoms with Gasteiger partial charge in [-0.05, 0) is 41.8 Å². The van der Waals surface area contributed by atoms with E-state index in [1.165, 1.54) is 6.07 Å². The van der Waals surface area contributed by atoms with Gasteiger partial charge in [0.1, 0.15) is 5.82 Å². The third-order valence-corrected chi connectivity index (χ3v) is 4.47. The molecule has 0 saturated carbocycles. The number of benzene rings is 2. The van der Waals surface area contributed by atoms with E-state index in [2.05, 4.69) is 5.32 Å². The van der Waals surface area contributed by atoms with Crippen molar-refractivity contribution in [1.29, 1.82) is 0 Å². The summed E-state index contributed by atoms with van der Waals surface area (Å²) in [6.45, 7) is 1.59. The fourth-order valence-corrected chi connectivity index (χ4v) is 3.30. The van der Waals surface area contributed by atoms with Crippen molar-refractivity contribution >= 4 is 23.2 Å². The van der Waals surface area contributed by atoms with Gasteiger partial charge in [-0.25, -0.2) is 4.39 Å². The molecule has 4 heteroatoms. The molecule has 0 spiro atoms. The smallest absolute Gasteiger partial charge is 0.126 e. The zero-order valence-electron chi connectivity index (χ0n) is 10.8. The summed E-state index contributed by atoms with van der Waals surface area (Å²) in [7, 11) is 0. The average molecular weight is 310 g/mol. The maximum absolute atomic E-state index is 14.0. The molecule has 1 nitrogen and oxygen atoms in total. The van der Waals surface area contributed by atoms with Crippen LogP contribution in [0.2, 0.25) is 10.0 Å². The van der Waals surface area contributed by atoms with Crippen molar-refractivity contribution < 1.29 is 4.39 Å². The Balaban J connectivity index is 1.98. The number of hydrogen-bond donors (Lipinski definition) is 1. The largest absolute Gasteiger partial charge is 0.315 e. The monoisotopic (exact) mass is 309 g/mol. The Labute approximate surface area is 127 Å². The normalized spacial score (nSPS) is 16.8. The lowest BCUT2D eigenvalue weighted by Crippen LogP contribution is -2.58. The summed E-state index contributed by atoms with van der Waals surface area (Å²) in [5, 5.41) is 4.56. The van der Waals surface area contributed by atoms with Crippen LogP contribution in [0.25, 0.3) is 0 Å². The molecule has 0 aliphatic carbocycles. The molecule has 1 heterocycles. The van der Waals surface area contributed by atoms with E-state index in [1.807, 2.05) is 24.3 Å². The molecule has 1 fully saturated rings. The van der Waals surface area contributed by atoms with Crippen LogP contribution in [-0.4, -0.2) is 13.1 Å². The molecule has 1 aliphatic heterocycles. The molecule has 2 aromatic carbocycles. The first kappa shape index (κ1) is 13.9. The van der Waals surface area contributed by atoms with E-state index in [4.69, 9.17) is 23.2 Å². The quantitative estimate of drug-likeness (QED) is 0.895. The predicted molar refractivity (Wildman–Crippen MR) is 81.1 cm³/mol. The van der Waals surface area contributed by atoms with Gasteiger partial charge in [-0.15, -0.1) is 0 Å². The van der Waals surface area contributed by atoms with Crippen LogP contribution in [0.5, 0.6) is 0 Å². The van der Waals surface area contributed by atoms with E-state index in [0.717, 1.165) is 23.7 Å². The lowest BCUT2D eigenvalue weighted by molar-refractivity contribution is 0.272. The van der Waals surface area contributed by atoms with Crippen LogP contribution >= 0.6 is 23.2 Å². The highest BCUT2D eigenvalue weighted by Gasteiger charge is 2.40. The van der Waals surface area contributed by atoms with Gasteiger partial charge in [-0.2, -0.15) is 0 Å². The highest BCUT2D eigenvalue weighted by molar-refractivity contribution is 6.31. The molecule has 0 amide bonds. The zero-order valence-corrected chi connectivity index (χ0v) is 12.3. The van der Waals surface area contributed by atoms with Gasteiger partial charge in [-0.1, -0.05) is 41.4 Å². The van der Waals surface area contributed by atoms with Crippen molar-refractivity contribution in [3.05, 3.63) is 69.5 Å². The molecule has 104 valence electrons. The third kappa shape index (κ3) is 2.44. The SMILES string of the molecule is Fc1ccc(Cl)cc1CC1(c2ccccc2Cl)CNC1. The Morgan fingerprint density at radius 2 is 1.85 bits per heavy atom. The summed E-state index contributed by atoms with van der Waals surface area (Å²) < 4.78 is 14.0. The van der Waals surface area contributed by atoms with Crippen LogP contribution < -0.4 is 5.32 Å². The van der Waals surface area contributed by atoms with Gasteiger partial charge in [0.05, 0.1) is 0 Å². The van der Waals surface area contributed by atoms with Gasteiger partial charge in [0.15, 0.2) is 0 Å². The first-order chi connectivity index (χ1) is 9.61. The van der Waals surface area contributed by atoms with Crippen LogP contribution in [-0.2, 0) is 11.8 Å². The van der Waals surface area contributed by atoms with Crippen molar-refractivity contribution in [3.8, 4) is 0 Å². The molecule has 0 atom stereocenters. The van der Waals surface area contributed by atoms with Crippen molar-refractivity contribution in [2.75, 3.05) is 13.1 Å². The van der Waals surface area contributed by atoms with E-state index in [-0.39, 0.29) is 11.2 Å². The second-order valence-corrected chi connectivity index (χ2v) is 6.12. The van der Waals surface area contributed by atoms with Gasteiger partial charge in [0, 0.05) is 28.5 Å².